The molecule has 6 nitrogen and oxygen atoms in total. The summed E-state index contributed by atoms with van der Waals surface area (Å²) in [6.07, 6.45) is -1.90. The molecule has 0 spiro atoms. The van der Waals surface area contributed by atoms with E-state index in [4.69, 9.17) is 0 Å². The lowest BCUT2D eigenvalue weighted by Gasteiger charge is -2.40. The Kier molecular flexibility index (Phi) is 3.70. The fraction of sp³-hybridized carbons (Fsp3) is 0.357. The third-order valence-corrected chi connectivity index (χ3v) is 3.56. The zero-order valence-corrected chi connectivity index (χ0v) is 12.2. The predicted octanol–water partition coefficient (Wildman–Crippen LogP) is 1.45. The Morgan fingerprint density at radius 2 is 2.04 bits per heavy atom. The molecule has 2 aromatic heterocycles. The van der Waals surface area contributed by atoms with E-state index in [0.29, 0.717) is 24.6 Å². The zero-order valence-electron chi connectivity index (χ0n) is 12.2. The van der Waals surface area contributed by atoms with E-state index in [0.717, 1.165) is 12.3 Å². The van der Waals surface area contributed by atoms with Gasteiger partial charge in [-0.15, -0.1) is 0 Å². The molecule has 0 saturated carbocycles. The van der Waals surface area contributed by atoms with Crippen LogP contribution in [-0.4, -0.2) is 39.8 Å². The highest BCUT2D eigenvalue weighted by Gasteiger charge is 2.33. The van der Waals surface area contributed by atoms with Gasteiger partial charge in [-0.2, -0.15) is 18.3 Å². The van der Waals surface area contributed by atoms with Gasteiger partial charge < -0.3 is 10.2 Å². The zero-order chi connectivity index (χ0) is 16.6. The quantitative estimate of drug-likeness (QED) is 0.928. The monoisotopic (exact) mass is 325 g/mol. The van der Waals surface area contributed by atoms with Gasteiger partial charge >= 0.3 is 6.18 Å². The average Bonchev–Trinajstić information content (AvgIpc) is 2.88. The summed E-state index contributed by atoms with van der Waals surface area (Å²) in [6.45, 7) is 0.994. The Morgan fingerprint density at radius 3 is 2.57 bits per heavy atom. The molecule has 1 aliphatic heterocycles. The molecule has 3 heterocycles. The number of nitrogens with one attached hydrogen (secondary N) is 1. The molecule has 0 atom stereocenters. The van der Waals surface area contributed by atoms with Crippen LogP contribution in [0.5, 0.6) is 0 Å². The third kappa shape index (κ3) is 3.27. The molecule has 122 valence electrons. The number of pyridine rings is 1. The molecule has 0 unspecified atom stereocenters. The number of amides is 1. The molecule has 0 aliphatic carbocycles. The lowest BCUT2D eigenvalue weighted by atomic mass is 10.1. The van der Waals surface area contributed by atoms with Gasteiger partial charge in [-0.05, 0) is 18.2 Å². The van der Waals surface area contributed by atoms with Crippen molar-refractivity contribution in [1.29, 1.82) is 0 Å². The summed E-state index contributed by atoms with van der Waals surface area (Å²) in [5, 5.41) is 6.82. The number of aryl methyl sites for hydroxylation is 1. The van der Waals surface area contributed by atoms with Gasteiger partial charge in [0, 0.05) is 32.5 Å². The normalized spacial score (nSPS) is 15.4. The number of rotatable bonds is 3. The van der Waals surface area contributed by atoms with Gasteiger partial charge in [-0.3, -0.25) is 9.48 Å². The molecule has 1 fully saturated rings. The van der Waals surface area contributed by atoms with Crippen molar-refractivity contribution in [3.63, 3.8) is 0 Å². The Hall–Kier alpha value is -2.58. The lowest BCUT2D eigenvalue weighted by Crippen LogP contribution is -2.59. The number of carbonyl (C=O) groups is 1. The first-order valence-electron chi connectivity index (χ1n) is 6.91. The molecular weight excluding hydrogens is 311 g/mol. The molecule has 9 heteroatoms. The van der Waals surface area contributed by atoms with E-state index in [1.807, 2.05) is 0 Å². The van der Waals surface area contributed by atoms with Gasteiger partial charge in [0.05, 0.1) is 11.6 Å². The molecular formula is C14H14F3N5O. The maximum Gasteiger partial charge on any atom is 0.417 e. The van der Waals surface area contributed by atoms with Gasteiger partial charge in [-0.1, -0.05) is 0 Å². The van der Waals surface area contributed by atoms with E-state index in [1.165, 1.54) is 10.7 Å². The highest BCUT2D eigenvalue weighted by atomic mass is 19.4. The molecule has 23 heavy (non-hydrogen) atoms. The number of hydrogen-bond acceptors (Lipinski definition) is 4. The highest BCUT2D eigenvalue weighted by molar-refractivity contribution is 5.92. The summed E-state index contributed by atoms with van der Waals surface area (Å²) in [5.41, 5.74) is -0.444. The number of aromatic nitrogens is 3. The van der Waals surface area contributed by atoms with Crippen LogP contribution in [0.4, 0.5) is 19.0 Å². The summed E-state index contributed by atoms with van der Waals surface area (Å²) in [7, 11) is 1.72. The predicted molar refractivity (Wildman–Crippen MR) is 75.9 cm³/mol. The van der Waals surface area contributed by atoms with Crippen molar-refractivity contribution in [2.24, 2.45) is 7.05 Å². The van der Waals surface area contributed by atoms with Crippen molar-refractivity contribution in [2.75, 3.05) is 18.0 Å². The number of hydrogen-bond donors (Lipinski definition) is 1. The smallest absolute Gasteiger partial charge is 0.352 e. The van der Waals surface area contributed by atoms with Crippen LogP contribution in [0.1, 0.15) is 16.1 Å². The average molecular weight is 325 g/mol. The second kappa shape index (κ2) is 5.56. The first-order valence-corrected chi connectivity index (χ1v) is 6.91. The van der Waals surface area contributed by atoms with Crippen LogP contribution in [0.2, 0.25) is 0 Å². The topological polar surface area (TPSA) is 63.1 Å². The SMILES string of the molecule is Cn1ccc(C(=O)NC2CN(c3ccc(C(F)(F)F)cn3)C2)n1. The Labute approximate surface area is 129 Å². The van der Waals surface area contributed by atoms with Gasteiger partial charge in [0.1, 0.15) is 11.5 Å². The fourth-order valence-electron chi connectivity index (χ4n) is 2.29. The fourth-order valence-corrected chi connectivity index (χ4v) is 2.29. The second-order valence-corrected chi connectivity index (χ2v) is 5.35. The van der Waals surface area contributed by atoms with E-state index in [9.17, 15) is 18.0 Å². The Balaban J connectivity index is 1.54. The minimum absolute atomic E-state index is 0.0754. The Morgan fingerprint density at radius 1 is 1.30 bits per heavy atom. The number of alkyl halides is 3. The van der Waals surface area contributed by atoms with Gasteiger partial charge in [-0.25, -0.2) is 4.98 Å². The molecule has 1 N–H and O–H groups in total. The molecule has 2 aromatic rings. The number of carbonyl (C=O) groups excluding carboxylic acids is 1. The van der Waals surface area contributed by atoms with Crippen molar-refractivity contribution < 1.29 is 18.0 Å². The van der Waals surface area contributed by atoms with Gasteiger partial charge in [0.2, 0.25) is 0 Å². The van der Waals surface area contributed by atoms with Crippen molar-refractivity contribution in [3.8, 4) is 0 Å². The molecule has 3 rings (SSSR count). The van der Waals surface area contributed by atoms with E-state index in [2.05, 4.69) is 15.4 Å². The minimum Gasteiger partial charge on any atom is -0.352 e. The standard InChI is InChI=1S/C14H14F3N5O/c1-21-5-4-11(20-21)13(23)19-10-7-22(8-10)12-3-2-9(6-18-12)14(15,16)17/h2-6,10H,7-8H2,1H3,(H,19,23). The number of nitrogens with zero attached hydrogens (tertiary/aromatic N) is 4. The molecule has 0 bridgehead atoms. The summed E-state index contributed by atoms with van der Waals surface area (Å²) < 4.78 is 39.0. The van der Waals surface area contributed by atoms with Crippen molar-refractivity contribution in [1.82, 2.24) is 20.1 Å². The van der Waals surface area contributed by atoms with Crippen LogP contribution in [0.25, 0.3) is 0 Å². The Bertz CT molecular complexity index is 704. The number of anilines is 1. The van der Waals surface area contributed by atoms with Crippen LogP contribution in [-0.2, 0) is 13.2 Å². The summed E-state index contributed by atoms with van der Waals surface area (Å²) in [6, 6.07) is 3.87. The second-order valence-electron chi connectivity index (χ2n) is 5.35. The first-order chi connectivity index (χ1) is 10.8. The summed E-state index contributed by atoms with van der Waals surface area (Å²) in [4.78, 5) is 17.5. The molecule has 1 saturated heterocycles. The van der Waals surface area contributed by atoms with Crippen LogP contribution in [0.3, 0.4) is 0 Å². The maximum absolute atomic E-state index is 12.5. The van der Waals surface area contributed by atoms with Crippen LogP contribution in [0.15, 0.2) is 30.6 Å². The molecule has 0 radical (unpaired) electrons. The molecule has 1 amide bonds. The minimum atomic E-state index is -4.39. The molecule has 0 aromatic carbocycles. The van der Waals surface area contributed by atoms with Gasteiger partial charge in [0.15, 0.2) is 0 Å². The lowest BCUT2D eigenvalue weighted by molar-refractivity contribution is -0.137. The maximum atomic E-state index is 12.5. The highest BCUT2D eigenvalue weighted by Crippen LogP contribution is 2.30. The van der Waals surface area contributed by atoms with Crippen LogP contribution < -0.4 is 10.2 Å². The third-order valence-electron chi connectivity index (χ3n) is 3.56. The summed E-state index contributed by atoms with van der Waals surface area (Å²) >= 11 is 0. The molecule has 1 aliphatic rings. The van der Waals surface area contributed by atoms with E-state index in [1.54, 1.807) is 24.2 Å². The first kappa shape index (κ1) is 15.3. The largest absolute Gasteiger partial charge is 0.417 e. The van der Waals surface area contributed by atoms with Crippen molar-refractivity contribution in [2.45, 2.75) is 12.2 Å². The van der Waals surface area contributed by atoms with Crippen LogP contribution in [0, 0.1) is 0 Å². The van der Waals surface area contributed by atoms with Crippen LogP contribution >= 0.6 is 0 Å². The van der Waals surface area contributed by atoms with Crippen molar-refractivity contribution in [3.05, 3.63) is 41.9 Å². The number of halogens is 3. The van der Waals surface area contributed by atoms with Crippen molar-refractivity contribution >= 4 is 11.7 Å². The van der Waals surface area contributed by atoms with E-state index >= 15 is 0 Å². The van der Waals surface area contributed by atoms with E-state index in [-0.39, 0.29) is 11.9 Å². The van der Waals surface area contributed by atoms with Gasteiger partial charge in [0.25, 0.3) is 5.91 Å². The van der Waals surface area contributed by atoms with E-state index < -0.39 is 11.7 Å². The summed E-state index contributed by atoms with van der Waals surface area (Å²) in [5.74, 6) is 0.192.